The van der Waals surface area contributed by atoms with Gasteiger partial charge in [-0.25, -0.2) is 0 Å². The van der Waals surface area contributed by atoms with Crippen LogP contribution >= 0.6 is 23.4 Å². The van der Waals surface area contributed by atoms with E-state index in [1.165, 1.54) is 11.8 Å². The Morgan fingerprint density at radius 3 is 2.57 bits per heavy atom. The number of likely N-dealkylation sites (tertiary alicyclic amines) is 1. The van der Waals surface area contributed by atoms with Crippen molar-refractivity contribution in [2.45, 2.75) is 43.3 Å². The molecule has 0 saturated carbocycles. The van der Waals surface area contributed by atoms with Gasteiger partial charge in [0.05, 0.1) is 10.9 Å². The maximum Gasteiger partial charge on any atom is 0.238 e. The van der Waals surface area contributed by atoms with Crippen LogP contribution in [-0.4, -0.2) is 59.0 Å². The third-order valence-corrected chi connectivity index (χ3v) is 6.90. The van der Waals surface area contributed by atoms with E-state index in [0.717, 1.165) is 18.0 Å². The number of piperidine rings is 1. The molecule has 0 radical (unpaired) electrons. The van der Waals surface area contributed by atoms with Gasteiger partial charge in [-0.15, -0.1) is 11.8 Å². The Hall–Kier alpha value is -1.73. The molecule has 2 aliphatic heterocycles. The number of carbonyl (C=O) groups is 3. The van der Waals surface area contributed by atoms with Crippen LogP contribution in [-0.2, 0) is 14.4 Å². The molecule has 1 unspecified atom stereocenters. The average molecular weight is 424 g/mol. The van der Waals surface area contributed by atoms with Gasteiger partial charge in [-0.1, -0.05) is 11.6 Å². The summed E-state index contributed by atoms with van der Waals surface area (Å²) in [4.78, 5) is 42.2. The summed E-state index contributed by atoms with van der Waals surface area (Å²) in [5.74, 6) is -0.0129. The summed E-state index contributed by atoms with van der Waals surface area (Å²) in [6, 6.07) is 5.36. The summed E-state index contributed by atoms with van der Waals surface area (Å²) in [5, 5.41) is 2.96. The van der Waals surface area contributed by atoms with Gasteiger partial charge in [0.2, 0.25) is 17.7 Å². The lowest BCUT2D eigenvalue weighted by Crippen LogP contribution is -2.45. The fourth-order valence-corrected chi connectivity index (χ4v) is 4.97. The van der Waals surface area contributed by atoms with Gasteiger partial charge in [0.15, 0.2) is 0 Å². The molecular weight excluding hydrogens is 398 g/mol. The van der Waals surface area contributed by atoms with Crippen LogP contribution in [0.2, 0.25) is 5.02 Å². The number of hydrogen-bond acceptors (Lipinski definition) is 4. The number of carbonyl (C=O) groups excluding carboxylic acids is 3. The molecule has 3 rings (SSSR count). The smallest absolute Gasteiger partial charge is 0.238 e. The molecule has 0 aromatic heterocycles. The normalized spacial score (nSPS) is 19.8. The summed E-state index contributed by atoms with van der Waals surface area (Å²) < 4.78 is 0. The third kappa shape index (κ3) is 4.63. The number of benzene rings is 1. The van der Waals surface area contributed by atoms with Crippen molar-refractivity contribution in [2.75, 3.05) is 31.5 Å². The summed E-state index contributed by atoms with van der Waals surface area (Å²) in [6.07, 6.45) is 1.53. The molecule has 1 aromatic rings. The molecule has 2 heterocycles. The van der Waals surface area contributed by atoms with E-state index in [1.807, 2.05) is 24.8 Å². The molecule has 6 nitrogen and oxygen atoms in total. The number of fused-ring (bicyclic) bond motifs is 1. The number of halogens is 1. The van der Waals surface area contributed by atoms with E-state index < -0.39 is 5.25 Å². The van der Waals surface area contributed by atoms with Gasteiger partial charge < -0.3 is 15.1 Å². The van der Waals surface area contributed by atoms with Gasteiger partial charge in [0.25, 0.3) is 0 Å². The highest BCUT2D eigenvalue weighted by Gasteiger charge is 2.33. The van der Waals surface area contributed by atoms with Gasteiger partial charge in [-0.3, -0.25) is 14.4 Å². The Morgan fingerprint density at radius 2 is 1.93 bits per heavy atom. The number of nitrogens with one attached hydrogen (secondary N) is 1. The van der Waals surface area contributed by atoms with E-state index in [9.17, 15) is 14.4 Å². The maximum atomic E-state index is 12.7. The summed E-state index contributed by atoms with van der Waals surface area (Å²) >= 11 is 7.37. The number of rotatable bonds is 5. The van der Waals surface area contributed by atoms with Gasteiger partial charge in [-0.2, -0.15) is 0 Å². The Morgan fingerprint density at radius 1 is 1.25 bits per heavy atom. The van der Waals surface area contributed by atoms with Gasteiger partial charge in [0, 0.05) is 48.4 Å². The van der Waals surface area contributed by atoms with Crippen molar-refractivity contribution in [3.8, 4) is 0 Å². The van der Waals surface area contributed by atoms with Crippen LogP contribution < -0.4 is 5.32 Å². The van der Waals surface area contributed by atoms with Crippen LogP contribution in [0, 0.1) is 5.92 Å². The monoisotopic (exact) mass is 423 g/mol. The van der Waals surface area contributed by atoms with Crippen LogP contribution in [0.25, 0.3) is 0 Å². The lowest BCUT2D eigenvalue weighted by molar-refractivity contribution is -0.140. The zero-order chi connectivity index (χ0) is 20.3. The predicted molar refractivity (Wildman–Crippen MR) is 112 cm³/mol. The fraction of sp³-hybridized carbons (Fsp3) is 0.550. The molecular formula is C20H26ClN3O3S. The largest absolute Gasteiger partial charge is 0.343 e. The first-order chi connectivity index (χ1) is 13.4. The van der Waals surface area contributed by atoms with E-state index in [0.29, 0.717) is 36.6 Å². The predicted octanol–water partition coefficient (Wildman–Crippen LogP) is 3.25. The van der Waals surface area contributed by atoms with Crippen molar-refractivity contribution in [1.29, 1.82) is 0 Å². The van der Waals surface area contributed by atoms with Crippen LogP contribution in [0.4, 0.5) is 5.69 Å². The van der Waals surface area contributed by atoms with Crippen molar-refractivity contribution < 1.29 is 14.4 Å². The number of nitrogens with zero attached hydrogens (tertiary/aromatic N) is 2. The number of thioether (sulfide) groups is 1. The zero-order valence-electron chi connectivity index (χ0n) is 16.2. The first-order valence-electron chi connectivity index (χ1n) is 9.76. The van der Waals surface area contributed by atoms with E-state index in [4.69, 9.17) is 11.6 Å². The summed E-state index contributed by atoms with van der Waals surface area (Å²) in [6.45, 7) is 6.55. The minimum atomic E-state index is -0.448. The molecule has 1 fully saturated rings. The first-order valence-corrected chi connectivity index (χ1v) is 11.0. The molecule has 1 N–H and O–H groups in total. The van der Waals surface area contributed by atoms with Crippen LogP contribution in [0.5, 0.6) is 0 Å². The number of hydrogen-bond donors (Lipinski definition) is 1. The highest BCUT2D eigenvalue weighted by molar-refractivity contribution is 8.01. The molecule has 0 bridgehead atoms. The SMILES string of the molecule is CCN(CC)C(=O)C1CCN(C(=O)CC2Sc3ccc(Cl)cc3NC2=O)CC1. The first kappa shape index (κ1) is 21.0. The number of anilines is 1. The Labute approximate surface area is 175 Å². The van der Waals surface area contributed by atoms with Crippen LogP contribution in [0.3, 0.4) is 0 Å². The van der Waals surface area contributed by atoms with Crippen LogP contribution in [0.1, 0.15) is 33.1 Å². The number of amides is 3. The van der Waals surface area contributed by atoms with E-state index in [1.54, 1.807) is 17.0 Å². The van der Waals surface area contributed by atoms with Crippen molar-refractivity contribution in [1.82, 2.24) is 9.80 Å². The molecule has 1 saturated heterocycles. The van der Waals surface area contributed by atoms with Gasteiger partial charge in [0.1, 0.15) is 0 Å². The molecule has 0 spiro atoms. The van der Waals surface area contributed by atoms with Crippen LogP contribution in [0.15, 0.2) is 23.1 Å². The lowest BCUT2D eigenvalue weighted by Gasteiger charge is -2.34. The van der Waals surface area contributed by atoms with Crippen molar-refractivity contribution in [3.63, 3.8) is 0 Å². The summed E-state index contributed by atoms with van der Waals surface area (Å²) in [7, 11) is 0. The molecule has 2 aliphatic rings. The summed E-state index contributed by atoms with van der Waals surface area (Å²) in [5.41, 5.74) is 0.696. The molecule has 8 heteroatoms. The maximum absolute atomic E-state index is 12.7. The van der Waals surface area contributed by atoms with Gasteiger partial charge in [-0.05, 0) is 44.9 Å². The molecule has 28 heavy (non-hydrogen) atoms. The quantitative estimate of drug-likeness (QED) is 0.789. The highest BCUT2D eigenvalue weighted by Crippen LogP contribution is 2.38. The van der Waals surface area contributed by atoms with E-state index in [-0.39, 0.29) is 30.1 Å². The lowest BCUT2D eigenvalue weighted by atomic mass is 9.95. The second-order valence-electron chi connectivity index (χ2n) is 7.11. The third-order valence-electron chi connectivity index (χ3n) is 5.39. The molecule has 3 amide bonds. The Bertz CT molecular complexity index is 761. The second kappa shape index (κ2) is 9.18. The van der Waals surface area contributed by atoms with E-state index in [2.05, 4.69) is 5.32 Å². The topological polar surface area (TPSA) is 69.7 Å². The molecule has 1 aromatic carbocycles. The average Bonchev–Trinajstić information content (AvgIpc) is 2.69. The zero-order valence-corrected chi connectivity index (χ0v) is 17.8. The van der Waals surface area contributed by atoms with Crippen molar-refractivity contribution in [3.05, 3.63) is 23.2 Å². The molecule has 0 aliphatic carbocycles. The molecule has 1 atom stereocenters. The highest BCUT2D eigenvalue weighted by atomic mass is 35.5. The molecule has 152 valence electrons. The standard InChI is InChI=1S/C20H26ClN3O3S/c1-3-23(4-2)20(27)13-7-9-24(10-8-13)18(25)12-17-19(26)22-15-11-14(21)5-6-16(15)28-17/h5-6,11,13,17H,3-4,7-10,12H2,1-2H3,(H,22,26). The van der Waals surface area contributed by atoms with Gasteiger partial charge >= 0.3 is 0 Å². The minimum Gasteiger partial charge on any atom is -0.343 e. The Balaban J connectivity index is 1.54. The van der Waals surface area contributed by atoms with E-state index >= 15 is 0 Å². The second-order valence-corrected chi connectivity index (χ2v) is 8.79. The van der Waals surface area contributed by atoms with Crippen molar-refractivity contribution in [2.24, 2.45) is 5.92 Å². The minimum absolute atomic E-state index is 0.00655. The Kier molecular flexibility index (Phi) is 6.88. The fourth-order valence-electron chi connectivity index (χ4n) is 3.71. The van der Waals surface area contributed by atoms with Crippen molar-refractivity contribution >= 4 is 46.8 Å².